The average Bonchev–Trinajstić information content (AvgIpc) is 3.28. The third kappa shape index (κ3) is 9.38. The zero-order chi connectivity index (χ0) is 30.0. The Morgan fingerprint density at radius 1 is 0.825 bits per heavy atom. The average molecular weight is 562 g/mol. The molecule has 2 aromatic rings. The highest BCUT2D eigenvalue weighted by atomic mass is 16.4. The van der Waals surface area contributed by atoms with Crippen LogP contribution in [0.3, 0.4) is 0 Å². The molecule has 9 N–H and O–H groups in total. The number of carboxylic acid groups (broad SMARTS) is 3. The molecule has 14 heteroatoms. The predicted octanol–water partition coefficient (Wildman–Crippen LogP) is -0.0377. The molecule has 0 saturated carbocycles. The van der Waals surface area contributed by atoms with Crippen LogP contribution in [-0.4, -0.2) is 80.1 Å². The highest BCUT2D eigenvalue weighted by Crippen LogP contribution is 2.19. The highest BCUT2D eigenvalue weighted by Gasteiger charge is 2.32. The number of carbonyl (C=O) groups is 6. The van der Waals surface area contributed by atoms with E-state index in [4.69, 9.17) is 15.9 Å². The van der Waals surface area contributed by atoms with Crippen molar-refractivity contribution in [3.05, 3.63) is 36.0 Å². The molecule has 0 aliphatic carbocycles. The summed E-state index contributed by atoms with van der Waals surface area (Å²) in [5.74, 6) is -6.96. The van der Waals surface area contributed by atoms with E-state index in [0.717, 1.165) is 16.5 Å². The fraction of sp³-hybridized carbons (Fsp3) is 0.462. The fourth-order valence-corrected chi connectivity index (χ4v) is 4.02. The van der Waals surface area contributed by atoms with Crippen LogP contribution in [0.4, 0.5) is 0 Å². The van der Waals surface area contributed by atoms with Crippen molar-refractivity contribution in [3.63, 3.8) is 0 Å². The molecule has 0 saturated heterocycles. The molecule has 1 aromatic heterocycles. The molecule has 4 atom stereocenters. The van der Waals surface area contributed by atoms with E-state index in [1.807, 2.05) is 24.3 Å². The molecule has 0 aliphatic rings. The molecule has 14 nitrogen and oxygen atoms in total. The third-order valence-electron chi connectivity index (χ3n) is 6.24. The van der Waals surface area contributed by atoms with E-state index < -0.39 is 78.6 Å². The largest absolute Gasteiger partial charge is 0.481 e. The normalized spacial score (nSPS) is 14.1. The molecule has 1 aromatic carbocycles. The van der Waals surface area contributed by atoms with Gasteiger partial charge in [0.25, 0.3) is 0 Å². The molecule has 3 amide bonds. The third-order valence-corrected chi connectivity index (χ3v) is 6.24. The van der Waals surface area contributed by atoms with Gasteiger partial charge >= 0.3 is 17.9 Å². The number of aliphatic carboxylic acids is 3. The summed E-state index contributed by atoms with van der Waals surface area (Å²) < 4.78 is 0. The number of hydrogen-bond donors (Lipinski definition) is 8. The smallest absolute Gasteiger partial charge is 0.326 e. The van der Waals surface area contributed by atoms with Gasteiger partial charge in [-0.1, -0.05) is 32.0 Å². The second-order valence-corrected chi connectivity index (χ2v) is 9.73. The summed E-state index contributed by atoms with van der Waals surface area (Å²) in [7, 11) is 0. The topological polar surface area (TPSA) is 241 Å². The van der Waals surface area contributed by atoms with Crippen molar-refractivity contribution in [3.8, 4) is 0 Å². The van der Waals surface area contributed by atoms with Gasteiger partial charge in [0.15, 0.2) is 0 Å². The monoisotopic (exact) mass is 561 g/mol. The van der Waals surface area contributed by atoms with Gasteiger partial charge in [-0.2, -0.15) is 0 Å². The molecular formula is C26H35N5O9. The molecule has 2 rings (SSSR count). The van der Waals surface area contributed by atoms with Crippen LogP contribution in [0.1, 0.15) is 45.1 Å². The number of aromatic nitrogens is 1. The molecule has 218 valence electrons. The van der Waals surface area contributed by atoms with Crippen molar-refractivity contribution in [1.29, 1.82) is 0 Å². The Morgan fingerprint density at radius 3 is 1.88 bits per heavy atom. The van der Waals surface area contributed by atoms with Crippen LogP contribution < -0.4 is 21.7 Å². The lowest BCUT2D eigenvalue weighted by molar-refractivity contribution is -0.144. The van der Waals surface area contributed by atoms with Crippen LogP contribution in [-0.2, 0) is 35.2 Å². The number of carbonyl (C=O) groups excluding carboxylic acids is 3. The minimum atomic E-state index is -1.46. The number of H-pyrrole nitrogens is 1. The van der Waals surface area contributed by atoms with E-state index in [1.165, 1.54) is 0 Å². The molecule has 0 aliphatic heterocycles. The number of hydrogen-bond acceptors (Lipinski definition) is 7. The number of amides is 3. The van der Waals surface area contributed by atoms with Crippen molar-refractivity contribution in [2.45, 2.75) is 70.1 Å². The molecule has 0 radical (unpaired) electrons. The maximum Gasteiger partial charge on any atom is 0.326 e. The first-order chi connectivity index (χ1) is 18.8. The van der Waals surface area contributed by atoms with Gasteiger partial charge in [-0.05, 0) is 36.8 Å². The summed E-state index contributed by atoms with van der Waals surface area (Å²) in [5.41, 5.74) is 7.69. The van der Waals surface area contributed by atoms with E-state index in [1.54, 1.807) is 20.0 Å². The second kappa shape index (κ2) is 14.6. The Labute approximate surface area is 229 Å². The second-order valence-electron chi connectivity index (χ2n) is 9.73. The lowest BCUT2D eigenvalue weighted by Crippen LogP contribution is -2.57. The van der Waals surface area contributed by atoms with Crippen molar-refractivity contribution in [2.75, 3.05) is 0 Å². The first-order valence-corrected chi connectivity index (χ1v) is 12.7. The highest BCUT2D eigenvalue weighted by molar-refractivity contribution is 5.94. The zero-order valence-corrected chi connectivity index (χ0v) is 22.2. The Bertz CT molecular complexity index is 1240. The Balaban J connectivity index is 2.17. The number of benzene rings is 1. The first kappa shape index (κ1) is 31.8. The molecule has 0 fully saturated rings. The lowest BCUT2D eigenvalue weighted by atomic mass is 10.0. The van der Waals surface area contributed by atoms with Crippen LogP contribution in [0.15, 0.2) is 30.5 Å². The van der Waals surface area contributed by atoms with Crippen LogP contribution >= 0.6 is 0 Å². The van der Waals surface area contributed by atoms with Crippen LogP contribution in [0.25, 0.3) is 10.9 Å². The van der Waals surface area contributed by atoms with E-state index in [9.17, 15) is 33.9 Å². The summed E-state index contributed by atoms with van der Waals surface area (Å²) in [6.07, 6.45) is 0.0643. The number of fused-ring (bicyclic) bond motifs is 1. The molecule has 40 heavy (non-hydrogen) atoms. The number of carboxylic acids is 3. The van der Waals surface area contributed by atoms with Gasteiger partial charge in [-0.3, -0.25) is 24.0 Å². The standard InChI is InChI=1S/C26H35N5O9/c1-13(2)22(26(39)40)31-25(38)19(8-10-21(34)35)30-24(37)18(7-9-20(32)33)29-23(36)16(27)11-14-12-28-17-6-4-3-5-15(14)17/h3-6,12-13,16,18-19,22,28H,7-11,27H2,1-2H3,(H,29,36)(H,30,37)(H,31,38)(H,32,33)(H,34,35)(H,39,40). The Morgan fingerprint density at radius 2 is 1.35 bits per heavy atom. The van der Waals surface area contributed by atoms with Crippen molar-refractivity contribution in [1.82, 2.24) is 20.9 Å². The first-order valence-electron chi connectivity index (χ1n) is 12.7. The summed E-state index contributed by atoms with van der Waals surface area (Å²) in [5, 5.41) is 35.5. The number of rotatable bonds is 16. The number of para-hydroxylation sites is 1. The van der Waals surface area contributed by atoms with Gasteiger partial charge in [0.2, 0.25) is 17.7 Å². The maximum atomic E-state index is 13.1. The minimum absolute atomic E-state index is 0.110. The van der Waals surface area contributed by atoms with Gasteiger partial charge < -0.3 is 42.0 Å². The summed E-state index contributed by atoms with van der Waals surface area (Å²) in [4.78, 5) is 75.7. The van der Waals surface area contributed by atoms with Gasteiger partial charge in [-0.15, -0.1) is 0 Å². The summed E-state index contributed by atoms with van der Waals surface area (Å²) in [6, 6.07) is 2.09. The van der Waals surface area contributed by atoms with Crippen molar-refractivity contribution < 1.29 is 44.1 Å². The van der Waals surface area contributed by atoms with Gasteiger partial charge in [0, 0.05) is 29.9 Å². The van der Waals surface area contributed by atoms with Crippen LogP contribution in [0.5, 0.6) is 0 Å². The quantitative estimate of drug-likeness (QED) is 0.136. The molecule has 4 unspecified atom stereocenters. The van der Waals surface area contributed by atoms with E-state index in [0.29, 0.717) is 0 Å². The minimum Gasteiger partial charge on any atom is -0.481 e. The van der Waals surface area contributed by atoms with Gasteiger partial charge in [0.05, 0.1) is 6.04 Å². The Kier molecular flexibility index (Phi) is 11.6. The number of nitrogens with two attached hydrogens (primary N) is 1. The summed E-state index contributed by atoms with van der Waals surface area (Å²) in [6.45, 7) is 3.11. The molecular weight excluding hydrogens is 526 g/mol. The summed E-state index contributed by atoms with van der Waals surface area (Å²) >= 11 is 0. The molecule has 0 spiro atoms. The van der Waals surface area contributed by atoms with E-state index >= 15 is 0 Å². The maximum absolute atomic E-state index is 13.1. The van der Waals surface area contributed by atoms with E-state index in [2.05, 4.69) is 20.9 Å². The molecule has 1 heterocycles. The number of aromatic amines is 1. The Hall–Kier alpha value is -4.46. The number of nitrogens with one attached hydrogen (secondary N) is 4. The van der Waals surface area contributed by atoms with Crippen molar-refractivity contribution >= 4 is 46.5 Å². The predicted molar refractivity (Wildman–Crippen MR) is 142 cm³/mol. The van der Waals surface area contributed by atoms with Crippen LogP contribution in [0, 0.1) is 5.92 Å². The van der Waals surface area contributed by atoms with Gasteiger partial charge in [-0.25, -0.2) is 4.79 Å². The van der Waals surface area contributed by atoms with Crippen molar-refractivity contribution in [2.24, 2.45) is 11.7 Å². The zero-order valence-electron chi connectivity index (χ0n) is 22.2. The lowest BCUT2D eigenvalue weighted by Gasteiger charge is -2.25. The van der Waals surface area contributed by atoms with E-state index in [-0.39, 0.29) is 19.3 Å². The van der Waals surface area contributed by atoms with Crippen LogP contribution in [0.2, 0.25) is 0 Å². The fourth-order valence-electron chi connectivity index (χ4n) is 4.02. The molecule has 0 bridgehead atoms. The SMILES string of the molecule is CC(C)C(NC(=O)C(CCC(=O)O)NC(=O)C(CCC(=O)O)NC(=O)C(N)Cc1c[nH]c2ccccc12)C(=O)O. The van der Waals surface area contributed by atoms with Gasteiger partial charge in [0.1, 0.15) is 18.1 Å².